The molecule has 0 aromatic heterocycles. The number of nitrogens with zero attached hydrogens (tertiary/aromatic N) is 1. The fourth-order valence-corrected chi connectivity index (χ4v) is 3.75. The van der Waals surface area contributed by atoms with Crippen LogP contribution in [0.1, 0.15) is 63.7 Å². The van der Waals surface area contributed by atoms with Gasteiger partial charge in [-0.15, -0.1) is 0 Å². The fraction of sp³-hybridized carbons (Fsp3) is 0.560. The minimum absolute atomic E-state index is 0.115. The van der Waals surface area contributed by atoms with Crippen LogP contribution in [0, 0.1) is 0 Å². The quantitative estimate of drug-likeness (QED) is 0.519. The van der Waals surface area contributed by atoms with Crippen molar-refractivity contribution in [3.63, 3.8) is 0 Å². The number of amides is 1. The maximum Gasteiger partial charge on any atom is 0.255 e. The van der Waals surface area contributed by atoms with E-state index in [0.717, 1.165) is 32.4 Å². The molecule has 0 spiro atoms. The Balaban J connectivity index is 1.98. The van der Waals surface area contributed by atoms with Gasteiger partial charge in [0, 0.05) is 12.6 Å². The number of methoxy groups -OCH3 is 1. The van der Waals surface area contributed by atoms with E-state index in [1.54, 1.807) is 13.2 Å². The molecule has 166 valence electrons. The molecule has 1 aromatic rings. The molecule has 1 heterocycles. The molecule has 5 heteroatoms. The van der Waals surface area contributed by atoms with E-state index in [0.29, 0.717) is 36.3 Å². The normalized spacial score (nSPS) is 17.0. The van der Waals surface area contributed by atoms with Crippen molar-refractivity contribution in [2.75, 3.05) is 33.4 Å². The monoisotopic (exact) mass is 414 g/mol. The molecule has 1 amide bonds. The van der Waals surface area contributed by atoms with Gasteiger partial charge < -0.3 is 14.8 Å². The van der Waals surface area contributed by atoms with E-state index >= 15 is 0 Å². The lowest BCUT2D eigenvalue weighted by Gasteiger charge is -2.23. The number of hydrogen-bond acceptors (Lipinski definition) is 4. The van der Waals surface area contributed by atoms with Crippen molar-refractivity contribution in [1.82, 2.24) is 10.2 Å². The number of ether oxygens (including phenoxy) is 2. The van der Waals surface area contributed by atoms with Gasteiger partial charge in [-0.3, -0.25) is 9.69 Å². The molecule has 1 saturated heterocycles. The smallest absolute Gasteiger partial charge is 0.255 e. The number of rotatable bonds is 11. The second-order valence-corrected chi connectivity index (χ2v) is 8.18. The van der Waals surface area contributed by atoms with Gasteiger partial charge in [0.1, 0.15) is 18.1 Å². The van der Waals surface area contributed by atoms with E-state index in [1.165, 1.54) is 17.6 Å². The van der Waals surface area contributed by atoms with Crippen LogP contribution in [0.5, 0.6) is 11.5 Å². The van der Waals surface area contributed by atoms with Crippen LogP contribution in [0.25, 0.3) is 0 Å². The Hall–Kier alpha value is -2.27. The molecule has 5 nitrogen and oxygen atoms in total. The van der Waals surface area contributed by atoms with Crippen molar-refractivity contribution in [2.45, 2.75) is 59.4 Å². The lowest BCUT2D eigenvalue weighted by molar-refractivity contribution is 0.0937. The van der Waals surface area contributed by atoms with E-state index in [2.05, 4.69) is 50.1 Å². The van der Waals surface area contributed by atoms with Crippen LogP contribution in [0.2, 0.25) is 0 Å². The maximum absolute atomic E-state index is 12.9. The fourth-order valence-electron chi connectivity index (χ4n) is 3.75. The van der Waals surface area contributed by atoms with Crippen molar-refractivity contribution >= 4 is 5.91 Å². The zero-order valence-electron chi connectivity index (χ0n) is 19.3. The molecule has 0 bridgehead atoms. The third-order valence-electron chi connectivity index (χ3n) is 5.60. The first-order valence-electron chi connectivity index (χ1n) is 11.1. The van der Waals surface area contributed by atoms with Crippen LogP contribution in [-0.2, 0) is 0 Å². The molecular weight excluding hydrogens is 376 g/mol. The first-order valence-corrected chi connectivity index (χ1v) is 11.1. The minimum atomic E-state index is -0.115. The molecule has 1 aromatic carbocycles. The number of allylic oxidation sites excluding steroid dienone is 3. The van der Waals surface area contributed by atoms with Gasteiger partial charge in [0.05, 0.1) is 12.7 Å². The highest BCUT2D eigenvalue weighted by Crippen LogP contribution is 2.25. The summed E-state index contributed by atoms with van der Waals surface area (Å²) in [4.78, 5) is 15.3. The standard InChI is InChI=1S/C25H38N2O3/c1-6-27-15-8-11-21(27)18-26-25(28)23-17-22(29-5)12-13-24(23)30-16-14-20(4)10-7-9-19(2)3/h9,12-14,17,21H,6-8,10-11,15-16,18H2,1-5H3,(H,26,28). The third-order valence-corrected chi connectivity index (χ3v) is 5.60. The average molecular weight is 415 g/mol. The van der Waals surface area contributed by atoms with Gasteiger partial charge in [0.15, 0.2) is 0 Å². The zero-order chi connectivity index (χ0) is 21.9. The van der Waals surface area contributed by atoms with Crippen LogP contribution < -0.4 is 14.8 Å². The van der Waals surface area contributed by atoms with E-state index in [1.807, 2.05) is 12.1 Å². The van der Waals surface area contributed by atoms with E-state index in [-0.39, 0.29) is 5.91 Å². The SMILES string of the molecule is CCN1CCCC1CNC(=O)c1cc(OC)ccc1OCC=C(C)CCC=C(C)C. The van der Waals surface area contributed by atoms with Crippen molar-refractivity contribution in [3.8, 4) is 11.5 Å². The highest BCUT2D eigenvalue weighted by atomic mass is 16.5. The van der Waals surface area contributed by atoms with Crippen LogP contribution >= 0.6 is 0 Å². The molecule has 1 aliphatic heterocycles. The van der Waals surface area contributed by atoms with Crippen LogP contribution in [0.3, 0.4) is 0 Å². The molecule has 2 rings (SSSR count). The van der Waals surface area contributed by atoms with E-state index in [4.69, 9.17) is 9.47 Å². The summed E-state index contributed by atoms with van der Waals surface area (Å²) in [5, 5.41) is 3.10. The summed E-state index contributed by atoms with van der Waals surface area (Å²) in [6, 6.07) is 5.81. The Morgan fingerprint density at radius 1 is 1.27 bits per heavy atom. The largest absolute Gasteiger partial charge is 0.497 e. The first kappa shape index (κ1) is 24.0. The number of likely N-dealkylation sites (N-methyl/N-ethyl adjacent to an activating group) is 1. The lowest BCUT2D eigenvalue weighted by atomic mass is 10.1. The van der Waals surface area contributed by atoms with Crippen molar-refractivity contribution in [1.29, 1.82) is 0 Å². The Bertz CT molecular complexity index is 751. The molecule has 0 aliphatic carbocycles. The summed E-state index contributed by atoms with van der Waals surface area (Å²) in [7, 11) is 1.60. The summed E-state index contributed by atoms with van der Waals surface area (Å²) < 4.78 is 11.3. The molecule has 1 unspecified atom stereocenters. The second kappa shape index (κ2) is 12.4. The summed E-state index contributed by atoms with van der Waals surface area (Å²) in [6.07, 6.45) is 8.71. The summed E-state index contributed by atoms with van der Waals surface area (Å²) in [5.74, 6) is 1.12. The van der Waals surface area contributed by atoms with E-state index in [9.17, 15) is 4.79 Å². The molecule has 1 aliphatic rings. The highest BCUT2D eigenvalue weighted by molar-refractivity contribution is 5.97. The van der Waals surface area contributed by atoms with Gasteiger partial charge in [0.2, 0.25) is 0 Å². The number of carbonyl (C=O) groups excluding carboxylic acids is 1. The van der Waals surface area contributed by atoms with Gasteiger partial charge in [-0.1, -0.05) is 24.1 Å². The summed E-state index contributed by atoms with van der Waals surface area (Å²) in [6.45, 7) is 11.8. The van der Waals surface area contributed by atoms with Crippen LogP contribution in [-0.4, -0.2) is 50.2 Å². The Kier molecular flexibility index (Phi) is 9.95. The van der Waals surface area contributed by atoms with Gasteiger partial charge in [-0.25, -0.2) is 0 Å². The van der Waals surface area contributed by atoms with E-state index < -0.39 is 0 Å². The van der Waals surface area contributed by atoms with Crippen molar-refractivity contribution in [2.24, 2.45) is 0 Å². The Labute approximate surface area is 182 Å². The predicted octanol–water partition coefficient (Wildman–Crippen LogP) is 4.98. The predicted molar refractivity (Wildman–Crippen MR) is 124 cm³/mol. The Morgan fingerprint density at radius 3 is 2.77 bits per heavy atom. The third kappa shape index (κ3) is 7.52. The molecule has 1 fully saturated rings. The van der Waals surface area contributed by atoms with Gasteiger partial charge >= 0.3 is 0 Å². The highest BCUT2D eigenvalue weighted by Gasteiger charge is 2.24. The molecular formula is C25H38N2O3. The molecule has 0 saturated carbocycles. The lowest BCUT2D eigenvalue weighted by Crippen LogP contribution is -2.40. The Morgan fingerprint density at radius 2 is 2.07 bits per heavy atom. The van der Waals surface area contributed by atoms with Gasteiger partial charge in [0.25, 0.3) is 5.91 Å². The number of carbonyl (C=O) groups is 1. The number of hydrogen-bond donors (Lipinski definition) is 1. The first-order chi connectivity index (χ1) is 14.4. The number of benzene rings is 1. The number of nitrogens with one attached hydrogen (secondary N) is 1. The van der Waals surface area contributed by atoms with Crippen molar-refractivity contribution < 1.29 is 14.3 Å². The summed E-state index contributed by atoms with van der Waals surface area (Å²) >= 11 is 0. The van der Waals surface area contributed by atoms with Crippen LogP contribution in [0.4, 0.5) is 0 Å². The van der Waals surface area contributed by atoms with Crippen molar-refractivity contribution in [3.05, 3.63) is 47.1 Å². The zero-order valence-corrected chi connectivity index (χ0v) is 19.3. The molecule has 30 heavy (non-hydrogen) atoms. The average Bonchev–Trinajstić information content (AvgIpc) is 3.19. The molecule has 0 radical (unpaired) electrons. The minimum Gasteiger partial charge on any atom is -0.497 e. The topological polar surface area (TPSA) is 50.8 Å². The molecule has 1 N–H and O–H groups in total. The maximum atomic E-state index is 12.9. The molecule has 1 atom stereocenters. The van der Waals surface area contributed by atoms with Gasteiger partial charge in [-0.2, -0.15) is 0 Å². The van der Waals surface area contributed by atoms with Gasteiger partial charge in [-0.05, 0) is 83.8 Å². The summed E-state index contributed by atoms with van der Waals surface area (Å²) in [5.41, 5.74) is 3.14. The second-order valence-electron chi connectivity index (χ2n) is 8.18. The van der Waals surface area contributed by atoms with Crippen LogP contribution in [0.15, 0.2) is 41.5 Å². The number of likely N-dealkylation sites (tertiary alicyclic amines) is 1.